The first-order valence-electron chi connectivity index (χ1n) is 8.52. The van der Waals surface area contributed by atoms with E-state index in [9.17, 15) is 4.79 Å². The van der Waals surface area contributed by atoms with Crippen LogP contribution in [-0.4, -0.2) is 46.3 Å². The van der Waals surface area contributed by atoms with E-state index >= 15 is 0 Å². The summed E-state index contributed by atoms with van der Waals surface area (Å²) in [5.41, 5.74) is 1.34. The Kier molecular flexibility index (Phi) is 5.53. The Morgan fingerprint density at radius 3 is 2.88 bits per heavy atom. The number of hydrogen-bond acceptors (Lipinski definition) is 3. The molecule has 6 heteroatoms. The SMILES string of the molecule is CCCN(C(=O)c1ccn(-c2cccc(Cl)c2)n1)C1CCNCC1. The van der Waals surface area contributed by atoms with Crippen LogP contribution in [0.5, 0.6) is 0 Å². The van der Waals surface area contributed by atoms with Gasteiger partial charge in [0.15, 0.2) is 5.69 Å². The molecule has 2 aromatic rings. The van der Waals surface area contributed by atoms with Gasteiger partial charge in [-0.15, -0.1) is 0 Å². The number of rotatable bonds is 5. The Labute approximate surface area is 147 Å². The number of amides is 1. The van der Waals surface area contributed by atoms with E-state index in [0.717, 1.165) is 44.6 Å². The molecule has 3 rings (SSSR count). The highest BCUT2D eigenvalue weighted by atomic mass is 35.5. The first kappa shape index (κ1) is 17.0. The van der Waals surface area contributed by atoms with Crippen LogP contribution in [0.15, 0.2) is 36.5 Å². The molecule has 1 aliphatic heterocycles. The van der Waals surface area contributed by atoms with Crippen LogP contribution in [0.1, 0.15) is 36.7 Å². The lowest BCUT2D eigenvalue weighted by Crippen LogP contribution is -2.46. The third-order valence-corrected chi connectivity index (χ3v) is 4.59. The molecule has 5 nitrogen and oxygen atoms in total. The Balaban J connectivity index is 1.80. The van der Waals surface area contributed by atoms with Crippen LogP contribution in [0.25, 0.3) is 5.69 Å². The van der Waals surface area contributed by atoms with Crippen molar-refractivity contribution in [3.05, 3.63) is 47.2 Å². The first-order valence-corrected chi connectivity index (χ1v) is 8.90. The number of carbonyl (C=O) groups excluding carboxylic acids is 1. The lowest BCUT2D eigenvalue weighted by Gasteiger charge is -2.34. The lowest BCUT2D eigenvalue weighted by atomic mass is 10.0. The molecule has 1 aromatic heterocycles. The molecular weight excluding hydrogens is 324 g/mol. The number of aromatic nitrogens is 2. The van der Waals surface area contributed by atoms with Gasteiger partial charge >= 0.3 is 0 Å². The normalized spacial score (nSPS) is 15.4. The summed E-state index contributed by atoms with van der Waals surface area (Å²) in [6, 6.07) is 9.53. The largest absolute Gasteiger partial charge is 0.334 e. The van der Waals surface area contributed by atoms with Crippen molar-refractivity contribution in [3.63, 3.8) is 0 Å². The zero-order valence-electron chi connectivity index (χ0n) is 13.9. The molecule has 2 heterocycles. The molecule has 0 saturated carbocycles. The summed E-state index contributed by atoms with van der Waals surface area (Å²) in [7, 11) is 0. The minimum Gasteiger partial charge on any atom is -0.334 e. The molecule has 0 bridgehead atoms. The highest BCUT2D eigenvalue weighted by molar-refractivity contribution is 6.30. The average Bonchev–Trinajstić information content (AvgIpc) is 3.10. The van der Waals surface area contributed by atoms with Gasteiger partial charge in [-0.25, -0.2) is 4.68 Å². The summed E-state index contributed by atoms with van der Waals surface area (Å²) in [5, 5.41) is 8.47. The van der Waals surface area contributed by atoms with Gasteiger partial charge in [0.25, 0.3) is 5.91 Å². The highest BCUT2D eigenvalue weighted by Gasteiger charge is 2.26. The van der Waals surface area contributed by atoms with Crippen LogP contribution in [0.3, 0.4) is 0 Å². The van der Waals surface area contributed by atoms with E-state index < -0.39 is 0 Å². The van der Waals surface area contributed by atoms with E-state index in [2.05, 4.69) is 17.3 Å². The van der Waals surface area contributed by atoms with Crippen molar-refractivity contribution in [1.82, 2.24) is 20.0 Å². The zero-order valence-corrected chi connectivity index (χ0v) is 14.7. The van der Waals surface area contributed by atoms with Crippen molar-refractivity contribution in [2.24, 2.45) is 0 Å². The van der Waals surface area contributed by atoms with Crippen molar-refractivity contribution in [2.75, 3.05) is 19.6 Å². The number of piperidine rings is 1. The van der Waals surface area contributed by atoms with Crippen LogP contribution >= 0.6 is 11.6 Å². The number of nitrogens with one attached hydrogen (secondary N) is 1. The van der Waals surface area contributed by atoms with Crippen LogP contribution in [0, 0.1) is 0 Å². The summed E-state index contributed by atoms with van der Waals surface area (Å²) in [4.78, 5) is 14.9. The maximum Gasteiger partial charge on any atom is 0.274 e. The van der Waals surface area contributed by atoms with Gasteiger partial charge in [-0.3, -0.25) is 4.79 Å². The van der Waals surface area contributed by atoms with Gasteiger partial charge in [-0.05, 0) is 56.6 Å². The highest BCUT2D eigenvalue weighted by Crippen LogP contribution is 2.18. The van der Waals surface area contributed by atoms with E-state index in [1.807, 2.05) is 35.4 Å². The molecule has 0 atom stereocenters. The van der Waals surface area contributed by atoms with Gasteiger partial charge in [0.2, 0.25) is 0 Å². The molecule has 0 radical (unpaired) electrons. The third-order valence-electron chi connectivity index (χ3n) is 4.36. The fourth-order valence-corrected chi connectivity index (χ4v) is 3.34. The second kappa shape index (κ2) is 7.81. The smallest absolute Gasteiger partial charge is 0.274 e. The van der Waals surface area contributed by atoms with E-state index in [1.54, 1.807) is 10.7 Å². The van der Waals surface area contributed by atoms with Gasteiger partial charge < -0.3 is 10.2 Å². The summed E-state index contributed by atoms with van der Waals surface area (Å²) in [6.45, 7) is 4.81. The number of halogens is 1. The number of nitrogens with zero attached hydrogens (tertiary/aromatic N) is 3. The minimum absolute atomic E-state index is 0.0181. The molecule has 128 valence electrons. The van der Waals surface area contributed by atoms with Crippen LogP contribution in [0.2, 0.25) is 5.02 Å². The molecule has 1 saturated heterocycles. The van der Waals surface area contributed by atoms with Crippen LogP contribution < -0.4 is 5.32 Å². The molecular formula is C18H23ClN4O. The summed E-state index contributed by atoms with van der Waals surface area (Å²) in [6.07, 6.45) is 4.76. The van der Waals surface area contributed by atoms with Gasteiger partial charge in [-0.1, -0.05) is 24.6 Å². The fourth-order valence-electron chi connectivity index (χ4n) is 3.16. The van der Waals surface area contributed by atoms with Crippen molar-refractivity contribution < 1.29 is 4.79 Å². The Hall–Kier alpha value is -1.85. The molecule has 1 aromatic carbocycles. The first-order chi connectivity index (χ1) is 11.7. The topological polar surface area (TPSA) is 50.2 Å². The predicted octanol–water partition coefficient (Wildman–Crippen LogP) is 3.13. The number of carbonyl (C=O) groups is 1. The zero-order chi connectivity index (χ0) is 16.9. The Bertz CT molecular complexity index is 694. The van der Waals surface area contributed by atoms with Gasteiger partial charge in [0, 0.05) is 23.8 Å². The molecule has 1 fully saturated rings. The Morgan fingerprint density at radius 2 is 2.17 bits per heavy atom. The number of benzene rings is 1. The van der Waals surface area contributed by atoms with Gasteiger partial charge in [0.05, 0.1) is 5.69 Å². The maximum absolute atomic E-state index is 12.9. The van der Waals surface area contributed by atoms with E-state index in [4.69, 9.17) is 11.6 Å². The fraction of sp³-hybridized carbons (Fsp3) is 0.444. The van der Waals surface area contributed by atoms with E-state index in [-0.39, 0.29) is 5.91 Å². The standard InChI is InChI=1S/C18H23ClN4O/c1-2-11-22(15-6-9-20-10-7-15)18(24)17-8-12-23(21-17)16-5-3-4-14(19)13-16/h3-5,8,12-13,15,20H,2,6-7,9-11H2,1H3. The van der Waals surface area contributed by atoms with Crippen molar-refractivity contribution in [1.29, 1.82) is 0 Å². The van der Waals surface area contributed by atoms with E-state index in [0.29, 0.717) is 16.8 Å². The quantitative estimate of drug-likeness (QED) is 0.904. The second-order valence-corrected chi connectivity index (χ2v) is 6.54. The molecule has 0 spiro atoms. The summed E-state index contributed by atoms with van der Waals surface area (Å²) < 4.78 is 1.70. The van der Waals surface area contributed by atoms with Crippen molar-refractivity contribution in [3.8, 4) is 5.69 Å². The molecule has 24 heavy (non-hydrogen) atoms. The maximum atomic E-state index is 12.9. The number of hydrogen-bond donors (Lipinski definition) is 1. The van der Waals surface area contributed by atoms with Crippen molar-refractivity contribution in [2.45, 2.75) is 32.2 Å². The molecule has 1 aliphatic rings. The molecule has 0 unspecified atom stereocenters. The van der Waals surface area contributed by atoms with Crippen LogP contribution in [-0.2, 0) is 0 Å². The minimum atomic E-state index is 0.0181. The van der Waals surface area contributed by atoms with Crippen LogP contribution in [0.4, 0.5) is 0 Å². The monoisotopic (exact) mass is 346 g/mol. The summed E-state index contributed by atoms with van der Waals surface area (Å²) >= 11 is 6.04. The molecule has 1 N–H and O–H groups in total. The molecule has 0 aliphatic carbocycles. The lowest BCUT2D eigenvalue weighted by molar-refractivity contribution is 0.0636. The second-order valence-electron chi connectivity index (χ2n) is 6.11. The van der Waals surface area contributed by atoms with Gasteiger partial charge in [-0.2, -0.15) is 5.10 Å². The Morgan fingerprint density at radius 1 is 1.38 bits per heavy atom. The van der Waals surface area contributed by atoms with Gasteiger partial charge in [0.1, 0.15) is 0 Å². The molecule has 1 amide bonds. The predicted molar refractivity (Wildman–Crippen MR) is 95.8 cm³/mol. The third kappa shape index (κ3) is 3.79. The summed E-state index contributed by atoms with van der Waals surface area (Å²) in [5.74, 6) is 0.0181. The van der Waals surface area contributed by atoms with Crippen molar-refractivity contribution >= 4 is 17.5 Å². The average molecular weight is 347 g/mol. The van der Waals surface area contributed by atoms with E-state index in [1.165, 1.54) is 0 Å².